The molecule has 0 aromatic heterocycles. The number of benzene rings is 1. The van der Waals surface area contributed by atoms with Crippen LogP contribution in [-0.2, 0) is 23.8 Å². The van der Waals surface area contributed by atoms with E-state index in [0.717, 1.165) is 31.2 Å². The van der Waals surface area contributed by atoms with Gasteiger partial charge in [-0.25, -0.2) is 0 Å². The zero-order chi connectivity index (χ0) is 24.5. The quantitative estimate of drug-likeness (QED) is 0.106. The van der Waals surface area contributed by atoms with Gasteiger partial charge in [0, 0.05) is 16.4 Å². The SMILES string of the molecule is C#CC1(C[C@H](O)[C@@H](CI)OC[C@H](COCCCC)OS(=O)(=O)c2ccc(C)cc2)CCC1C. The fraction of sp³-hybridized carbons (Fsp3) is 0.680. The Hall–Kier alpha value is -0.700. The molecule has 2 unspecified atom stereocenters. The van der Waals surface area contributed by atoms with E-state index < -0.39 is 28.4 Å². The highest BCUT2D eigenvalue weighted by Gasteiger charge is 2.45. The molecule has 2 rings (SSSR count). The molecule has 0 radical (unpaired) electrons. The average Bonchev–Trinajstić information content (AvgIpc) is 2.79. The number of rotatable bonds is 15. The average molecular weight is 593 g/mol. The summed E-state index contributed by atoms with van der Waals surface area (Å²) in [5, 5.41) is 10.8. The van der Waals surface area contributed by atoms with E-state index in [2.05, 4.69) is 42.4 Å². The van der Waals surface area contributed by atoms with Crippen LogP contribution in [0.1, 0.15) is 51.5 Å². The van der Waals surface area contributed by atoms with Crippen LogP contribution in [0.4, 0.5) is 0 Å². The minimum atomic E-state index is -3.98. The van der Waals surface area contributed by atoms with Gasteiger partial charge in [0.2, 0.25) is 0 Å². The number of halogens is 1. The fourth-order valence-electron chi connectivity index (χ4n) is 3.86. The van der Waals surface area contributed by atoms with E-state index in [1.165, 1.54) is 12.1 Å². The van der Waals surface area contributed by atoms with Gasteiger partial charge in [0.25, 0.3) is 10.1 Å². The maximum absolute atomic E-state index is 12.8. The molecule has 1 saturated carbocycles. The highest BCUT2D eigenvalue weighted by atomic mass is 127. The monoisotopic (exact) mass is 592 g/mol. The first-order valence-corrected chi connectivity index (χ1v) is 14.5. The number of hydrogen-bond donors (Lipinski definition) is 1. The molecule has 6 nitrogen and oxygen atoms in total. The molecule has 1 N–H and O–H groups in total. The van der Waals surface area contributed by atoms with Crippen molar-refractivity contribution in [3.8, 4) is 12.3 Å². The predicted molar refractivity (Wildman–Crippen MR) is 138 cm³/mol. The molecule has 0 aliphatic heterocycles. The Bertz CT molecular complexity index is 866. The van der Waals surface area contributed by atoms with E-state index >= 15 is 0 Å². The molecule has 0 saturated heterocycles. The van der Waals surface area contributed by atoms with Crippen LogP contribution < -0.4 is 0 Å². The Kier molecular flexibility index (Phi) is 11.6. The molecular weight excluding hydrogens is 555 g/mol. The summed E-state index contributed by atoms with van der Waals surface area (Å²) in [7, 11) is -3.98. The van der Waals surface area contributed by atoms with Gasteiger partial charge >= 0.3 is 0 Å². The van der Waals surface area contributed by atoms with Crippen molar-refractivity contribution in [1.82, 2.24) is 0 Å². The maximum atomic E-state index is 12.8. The Morgan fingerprint density at radius 2 is 2.00 bits per heavy atom. The Balaban J connectivity index is 2.03. The molecule has 1 aromatic carbocycles. The molecule has 0 amide bonds. The second-order valence-electron chi connectivity index (χ2n) is 8.95. The Labute approximate surface area is 213 Å². The van der Waals surface area contributed by atoms with Crippen molar-refractivity contribution in [2.45, 2.75) is 76.1 Å². The first-order valence-electron chi connectivity index (χ1n) is 11.6. The normalized spacial score (nSPS) is 23.3. The van der Waals surface area contributed by atoms with Gasteiger partial charge in [0.15, 0.2) is 0 Å². The van der Waals surface area contributed by atoms with Gasteiger partial charge < -0.3 is 14.6 Å². The summed E-state index contributed by atoms with van der Waals surface area (Å²) in [6.07, 6.45) is 8.02. The number of alkyl halides is 1. The summed E-state index contributed by atoms with van der Waals surface area (Å²) in [6, 6.07) is 6.50. The number of terminal acetylenes is 1. The number of hydrogen-bond acceptors (Lipinski definition) is 6. The van der Waals surface area contributed by atoms with E-state index in [4.69, 9.17) is 20.1 Å². The van der Waals surface area contributed by atoms with Crippen LogP contribution in [0.3, 0.4) is 0 Å². The second-order valence-corrected chi connectivity index (χ2v) is 11.4. The smallest absolute Gasteiger partial charge is 0.297 e. The number of unbranched alkanes of at least 4 members (excludes halogenated alkanes) is 1. The number of aliphatic hydroxyl groups is 1. The molecule has 1 fully saturated rings. The molecule has 186 valence electrons. The molecule has 5 atom stereocenters. The van der Waals surface area contributed by atoms with Crippen molar-refractivity contribution in [2.75, 3.05) is 24.2 Å². The third-order valence-electron chi connectivity index (χ3n) is 6.42. The van der Waals surface area contributed by atoms with Crippen molar-refractivity contribution in [3.63, 3.8) is 0 Å². The highest BCUT2D eigenvalue weighted by Crippen LogP contribution is 2.49. The minimum Gasteiger partial charge on any atom is -0.390 e. The molecule has 1 aliphatic rings. The summed E-state index contributed by atoms with van der Waals surface area (Å²) in [6.45, 7) is 6.65. The van der Waals surface area contributed by atoms with Crippen molar-refractivity contribution in [1.29, 1.82) is 0 Å². The molecule has 1 aromatic rings. The van der Waals surface area contributed by atoms with Crippen LogP contribution >= 0.6 is 22.6 Å². The van der Waals surface area contributed by atoms with Crippen molar-refractivity contribution in [3.05, 3.63) is 29.8 Å². The Morgan fingerprint density at radius 1 is 1.30 bits per heavy atom. The lowest BCUT2D eigenvalue weighted by atomic mass is 9.58. The summed E-state index contributed by atoms with van der Waals surface area (Å²) < 4.78 is 43.2. The van der Waals surface area contributed by atoms with E-state index in [-0.39, 0.29) is 23.5 Å². The van der Waals surface area contributed by atoms with Gasteiger partial charge in [0.1, 0.15) is 6.10 Å². The maximum Gasteiger partial charge on any atom is 0.297 e. The summed E-state index contributed by atoms with van der Waals surface area (Å²) in [5.74, 6) is 3.26. The van der Waals surface area contributed by atoms with Crippen LogP contribution in [0.5, 0.6) is 0 Å². The second kappa shape index (κ2) is 13.4. The lowest BCUT2D eigenvalue weighted by Gasteiger charge is -2.46. The molecule has 0 heterocycles. The van der Waals surface area contributed by atoms with Crippen LogP contribution in [0, 0.1) is 30.6 Å². The van der Waals surface area contributed by atoms with Gasteiger partial charge in [-0.1, -0.05) is 66.5 Å². The van der Waals surface area contributed by atoms with Gasteiger partial charge in [-0.2, -0.15) is 8.42 Å². The van der Waals surface area contributed by atoms with Crippen molar-refractivity contribution >= 4 is 32.7 Å². The number of aryl methyl sites for hydroxylation is 1. The van der Waals surface area contributed by atoms with E-state index in [9.17, 15) is 13.5 Å². The molecule has 0 bridgehead atoms. The lowest BCUT2D eigenvalue weighted by molar-refractivity contribution is -0.0821. The lowest BCUT2D eigenvalue weighted by Crippen LogP contribution is -2.44. The standard InChI is InChI=1S/C25H37IO6S/c1-5-7-14-30-17-21(32-33(28,29)22-10-8-19(3)9-11-22)18-31-24(16-26)23(27)15-25(6-2)13-12-20(25)4/h2,8-11,20-21,23-24,27H,5,7,12-18H2,1,3-4H3/t20?,21-,23-,24+,25?/m0/s1. The zero-order valence-corrected chi connectivity index (χ0v) is 22.8. The first kappa shape index (κ1) is 28.5. The largest absolute Gasteiger partial charge is 0.390 e. The number of aliphatic hydroxyl groups excluding tert-OH is 1. The predicted octanol–water partition coefficient (Wildman–Crippen LogP) is 4.51. The van der Waals surface area contributed by atoms with E-state index in [1.807, 2.05) is 6.92 Å². The zero-order valence-electron chi connectivity index (χ0n) is 19.8. The van der Waals surface area contributed by atoms with Crippen LogP contribution in [0.25, 0.3) is 0 Å². The molecular formula is C25H37IO6S. The topological polar surface area (TPSA) is 82.1 Å². The van der Waals surface area contributed by atoms with Gasteiger partial charge in [0.05, 0.1) is 30.3 Å². The van der Waals surface area contributed by atoms with Gasteiger partial charge in [-0.3, -0.25) is 4.18 Å². The summed E-state index contributed by atoms with van der Waals surface area (Å²) in [5.41, 5.74) is 0.668. The van der Waals surface area contributed by atoms with Crippen LogP contribution in [-0.4, -0.2) is 56.1 Å². The minimum absolute atomic E-state index is 0.0133. The third kappa shape index (κ3) is 8.18. The fourth-order valence-corrected chi connectivity index (χ4v) is 5.75. The summed E-state index contributed by atoms with van der Waals surface area (Å²) >= 11 is 2.16. The van der Waals surface area contributed by atoms with Crippen molar-refractivity contribution < 1.29 is 27.2 Å². The summed E-state index contributed by atoms with van der Waals surface area (Å²) in [4.78, 5) is 0.0899. The molecule has 8 heteroatoms. The van der Waals surface area contributed by atoms with Gasteiger partial charge in [-0.15, -0.1) is 6.42 Å². The molecule has 33 heavy (non-hydrogen) atoms. The van der Waals surface area contributed by atoms with E-state index in [1.54, 1.807) is 12.1 Å². The van der Waals surface area contributed by atoms with E-state index in [0.29, 0.717) is 23.4 Å². The van der Waals surface area contributed by atoms with Crippen molar-refractivity contribution in [2.24, 2.45) is 11.3 Å². The van der Waals surface area contributed by atoms with Crippen LogP contribution in [0.2, 0.25) is 0 Å². The van der Waals surface area contributed by atoms with Gasteiger partial charge in [-0.05, 0) is 50.7 Å². The third-order valence-corrected chi connectivity index (χ3v) is 8.67. The molecule has 0 spiro atoms. The Morgan fingerprint density at radius 3 is 2.52 bits per heavy atom. The molecule has 1 aliphatic carbocycles. The van der Waals surface area contributed by atoms with Crippen LogP contribution in [0.15, 0.2) is 29.2 Å². The first-order chi connectivity index (χ1) is 15.7. The number of ether oxygens (including phenoxy) is 2. The highest BCUT2D eigenvalue weighted by molar-refractivity contribution is 14.1.